The summed E-state index contributed by atoms with van der Waals surface area (Å²) < 4.78 is 10.9. The molecule has 0 atom stereocenters. The van der Waals surface area contributed by atoms with E-state index in [1.54, 1.807) is 48.2 Å². The lowest BCUT2D eigenvalue weighted by Gasteiger charge is -2.36. The monoisotopic (exact) mass is 513 g/mol. The molecule has 1 N–H and O–H groups in total. The van der Waals surface area contributed by atoms with Gasteiger partial charge in [0, 0.05) is 48.7 Å². The molecule has 2 amide bonds. The van der Waals surface area contributed by atoms with Crippen LogP contribution >= 0.6 is 0 Å². The van der Waals surface area contributed by atoms with E-state index in [9.17, 15) is 14.4 Å². The minimum Gasteiger partial charge on any atom is -0.493 e. The Hall–Kier alpha value is -4.59. The van der Waals surface area contributed by atoms with Crippen molar-refractivity contribution in [2.75, 3.05) is 50.6 Å². The number of benzene rings is 3. The zero-order valence-electron chi connectivity index (χ0n) is 21.8. The molecule has 0 bridgehead atoms. The first-order valence-corrected chi connectivity index (χ1v) is 12.4. The van der Waals surface area contributed by atoms with Crippen molar-refractivity contribution < 1.29 is 23.9 Å². The van der Waals surface area contributed by atoms with Crippen molar-refractivity contribution in [3.8, 4) is 11.5 Å². The van der Waals surface area contributed by atoms with E-state index in [0.29, 0.717) is 54.5 Å². The van der Waals surface area contributed by atoms with Crippen LogP contribution in [0.3, 0.4) is 0 Å². The van der Waals surface area contributed by atoms with Gasteiger partial charge in [0.2, 0.25) is 0 Å². The molecule has 1 aliphatic heterocycles. The molecule has 4 rings (SSSR count). The maximum Gasteiger partial charge on any atom is 0.261 e. The summed E-state index contributed by atoms with van der Waals surface area (Å²) in [5.74, 6) is 0.0866. The van der Waals surface area contributed by atoms with Gasteiger partial charge in [0.1, 0.15) is 5.57 Å². The largest absolute Gasteiger partial charge is 0.493 e. The Labute approximate surface area is 222 Å². The maximum atomic E-state index is 13.7. The third kappa shape index (κ3) is 6.03. The van der Waals surface area contributed by atoms with Gasteiger partial charge in [-0.3, -0.25) is 14.4 Å². The van der Waals surface area contributed by atoms with Crippen molar-refractivity contribution >= 4 is 35.0 Å². The molecule has 1 aliphatic rings. The number of methoxy groups -OCH3 is 2. The number of nitrogens with one attached hydrogen (secondary N) is 1. The molecule has 0 radical (unpaired) electrons. The number of Topliss-reactive ketones (excluding diaryl/α,β-unsaturated/α-hetero) is 1. The summed E-state index contributed by atoms with van der Waals surface area (Å²) in [6, 6.07) is 21.8. The lowest BCUT2D eigenvalue weighted by Crippen LogP contribution is -2.50. The molecular weight excluding hydrogens is 482 g/mol. The van der Waals surface area contributed by atoms with Crippen LogP contribution in [0.2, 0.25) is 0 Å². The smallest absolute Gasteiger partial charge is 0.261 e. The minimum atomic E-state index is -0.506. The lowest BCUT2D eigenvalue weighted by atomic mass is 10.1. The van der Waals surface area contributed by atoms with Crippen LogP contribution in [0, 0.1) is 0 Å². The number of amides is 2. The van der Waals surface area contributed by atoms with Gasteiger partial charge in [0.05, 0.1) is 14.2 Å². The fourth-order valence-corrected chi connectivity index (χ4v) is 4.37. The van der Waals surface area contributed by atoms with Gasteiger partial charge in [-0.05, 0) is 55.5 Å². The number of hydrogen-bond acceptors (Lipinski definition) is 6. The third-order valence-corrected chi connectivity index (χ3v) is 6.45. The summed E-state index contributed by atoms with van der Waals surface area (Å²) in [5, 5.41) is 2.83. The first-order valence-electron chi connectivity index (χ1n) is 12.4. The standard InChI is InChI=1S/C30H31N3O5/c1-21(34)22-12-14-25(15-13-22)32-16-18-33(19-17-32)30(36)26(29(35)31-24-9-5-4-6-10-24)20-23-8-7-11-27(37-2)28(23)38-3/h4-15,20H,16-19H2,1-3H3,(H,31,35). The predicted octanol–water partition coefficient (Wildman–Crippen LogP) is 4.28. The first kappa shape index (κ1) is 26.5. The molecule has 0 unspecified atom stereocenters. The summed E-state index contributed by atoms with van der Waals surface area (Å²) in [4.78, 5) is 42.5. The second-order valence-electron chi connectivity index (χ2n) is 8.84. The van der Waals surface area contributed by atoms with E-state index in [4.69, 9.17) is 9.47 Å². The van der Waals surface area contributed by atoms with Crippen LogP contribution in [-0.2, 0) is 9.59 Å². The van der Waals surface area contributed by atoms with Gasteiger partial charge in [0.15, 0.2) is 17.3 Å². The Balaban J connectivity index is 1.57. The van der Waals surface area contributed by atoms with Gasteiger partial charge in [0.25, 0.3) is 11.8 Å². The number of nitrogens with zero attached hydrogens (tertiary/aromatic N) is 2. The van der Waals surface area contributed by atoms with E-state index in [0.717, 1.165) is 5.69 Å². The SMILES string of the molecule is COc1cccc(C=C(C(=O)Nc2ccccc2)C(=O)N2CCN(c3ccc(C(C)=O)cc3)CC2)c1OC. The molecule has 0 saturated carbocycles. The van der Waals surface area contributed by atoms with Crippen molar-refractivity contribution in [3.63, 3.8) is 0 Å². The normalized spacial score (nSPS) is 13.6. The van der Waals surface area contributed by atoms with Crippen LogP contribution in [0.5, 0.6) is 11.5 Å². The fraction of sp³-hybridized carbons (Fsp3) is 0.233. The molecule has 1 fully saturated rings. The Bertz CT molecular complexity index is 1330. The number of carbonyl (C=O) groups excluding carboxylic acids is 3. The Kier molecular flexibility index (Phi) is 8.43. The van der Waals surface area contributed by atoms with E-state index >= 15 is 0 Å². The number of carbonyl (C=O) groups is 3. The second kappa shape index (κ2) is 12.1. The molecule has 196 valence electrons. The van der Waals surface area contributed by atoms with Crippen molar-refractivity contribution in [2.24, 2.45) is 0 Å². The van der Waals surface area contributed by atoms with E-state index in [1.807, 2.05) is 42.5 Å². The summed E-state index contributed by atoms with van der Waals surface area (Å²) in [6.45, 7) is 3.62. The number of rotatable bonds is 8. The van der Waals surface area contributed by atoms with Crippen molar-refractivity contribution in [1.29, 1.82) is 0 Å². The van der Waals surface area contributed by atoms with E-state index in [-0.39, 0.29) is 17.3 Å². The molecular formula is C30H31N3O5. The van der Waals surface area contributed by atoms with Gasteiger partial charge in [-0.25, -0.2) is 0 Å². The lowest BCUT2D eigenvalue weighted by molar-refractivity contribution is -0.129. The molecule has 8 heteroatoms. The number of ketones is 1. The average molecular weight is 514 g/mol. The highest BCUT2D eigenvalue weighted by Gasteiger charge is 2.28. The number of para-hydroxylation sites is 2. The first-order chi connectivity index (χ1) is 18.4. The predicted molar refractivity (Wildman–Crippen MR) is 148 cm³/mol. The second-order valence-corrected chi connectivity index (χ2v) is 8.84. The van der Waals surface area contributed by atoms with Crippen molar-refractivity contribution in [1.82, 2.24) is 4.90 Å². The van der Waals surface area contributed by atoms with Gasteiger partial charge < -0.3 is 24.6 Å². The van der Waals surface area contributed by atoms with E-state index in [1.165, 1.54) is 14.2 Å². The Morgan fingerprint density at radius 2 is 1.50 bits per heavy atom. The average Bonchev–Trinajstić information content (AvgIpc) is 2.95. The van der Waals surface area contributed by atoms with E-state index in [2.05, 4.69) is 10.2 Å². The quantitative estimate of drug-likeness (QED) is 0.209. The highest BCUT2D eigenvalue weighted by atomic mass is 16.5. The van der Waals surface area contributed by atoms with Crippen molar-refractivity contribution in [2.45, 2.75) is 6.92 Å². The minimum absolute atomic E-state index is 0.000308. The van der Waals surface area contributed by atoms with Crippen LogP contribution in [0.25, 0.3) is 6.08 Å². The highest BCUT2D eigenvalue weighted by molar-refractivity contribution is 6.25. The van der Waals surface area contributed by atoms with Crippen LogP contribution in [-0.4, -0.2) is 62.9 Å². The molecule has 8 nitrogen and oxygen atoms in total. The fourth-order valence-electron chi connectivity index (χ4n) is 4.37. The molecule has 0 spiro atoms. The van der Waals surface area contributed by atoms with Crippen LogP contribution in [0.15, 0.2) is 78.4 Å². The molecule has 0 aromatic heterocycles. The Morgan fingerprint density at radius 3 is 2.11 bits per heavy atom. The van der Waals surface area contributed by atoms with Crippen LogP contribution in [0.1, 0.15) is 22.8 Å². The number of ether oxygens (including phenoxy) is 2. The topological polar surface area (TPSA) is 88.2 Å². The number of hydrogen-bond donors (Lipinski definition) is 1. The summed E-state index contributed by atoms with van der Waals surface area (Å²) >= 11 is 0. The van der Waals surface area contributed by atoms with Gasteiger partial charge >= 0.3 is 0 Å². The van der Waals surface area contributed by atoms with Gasteiger partial charge in [-0.15, -0.1) is 0 Å². The zero-order valence-corrected chi connectivity index (χ0v) is 21.8. The molecule has 1 heterocycles. The molecule has 38 heavy (non-hydrogen) atoms. The van der Waals surface area contributed by atoms with Crippen LogP contribution in [0.4, 0.5) is 11.4 Å². The molecule has 3 aromatic rings. The molecule has 3 aromatic carbocycles. The Morgan fingerprint density at radius 1 is 0.816 bits per heavy atom. The van der Waals surface area contributed by atoms with Gasteiger partial charge in [-0.1, -0.05) is 30.3 Å². The maximum absolute atomic E-state index is 13.7. The van der Waals surface area contributed by atoms with Crippen molar-refractivity contribution in [3.05, 3.63) is 89.5 Å². The summed E-state index contributed by atoms with van der Waals surface area (Å²) in [7, 11) is 3.05. The van der Waals surface area contributed by atoms with E-state index < -0.39 is 5.91 Å². The third-order valence-electron chi connectivity index (χ3n) is 6.45. The van der Waals surface area contributed by atoms with Gasteiger partial charge in [-0.2, -0.15) is 0 Å². The highest BCUT2D eigenvalue weighted by Crippen LogP contribution is 2.32. The van der Waals surface area contributed by atoms with Crippen LogP contribution < -0.4 is 19.7 Å². The summed E-state index contributed by atoms with van der Waals surface area (Å²) in [6.07, 6.45) is 1.55. The number of piperazine rings is 1. The number of anilines is 2. The molecule has 1 saturated heterocycles. The summed E-state index contributed by atoms with van der Waals surface area (Å²) in [5.41, 5.74) is 2.80. The molecule has 0 aliphatic carbocycles. The zero-order chi connectivity index (χ0) is 27.1.